The molecule has 10 nitrogen and oxygen atoms in total. The van der Waals surface area contributed by atoms with E-state index in [2.05, 4.69) is 50.3 Å². The zero-order valence-corrected chi connectivity index (χ0v) is 29.0. The average molecular weight is 658 g/mol. The van der Waals surface area contributed by atoms with Crippen LogP contribution in [0.5, 0.6) is 5.75 Å². The predicted molar refractivity (Wildman–Crippen MR) is 185 cm³/mol. The third-order valence-electron chi connectivity index (χ3n) is 10.5. The van der Waals surface area contributed by atoms with Gasteiger partial charge in [0.2, 0.25) is 5.91 Å². The van der Waals surface area contributed by atoms with E-state index in [0.29, 0.717) is 76.2 Å². The van der Waals surface area contributed by atoms with Crippen LogP contribution in [0.3, 0.4) is 0 Å². The summed E-state index contributed by atoms with van der Waals surface area (Å²) in [6.07, 6.45) is 12.4. The molecule has 2 amide bonds. The minimum atomic E-state index is -0.267. The topological polar surface area (TPSA) is 99.0 Å². The molecule has 48 heavy (non-hydrogen) atoms. The number of rotatable bonds is 9. The summed E-state index contributed by atoms with van der Waals surface area (Å²) in [6, 6.07) is 10.9. The highest BCUT2D eigenvalue weighted by molar-refractivity contribution is 5.94. The molecule has 0 N–H and O–H groups in total. The van der Waals surface area contributed by atoms with Crippen LogP contribution >= 0.6 is 0 Å². The molecule has 3 fully saturated rings. The maximum absolute atomic E-state index is 14.4. The molecule has 0 unspecified atom stereocenters. The van der Waals surface area contributed by atoms with E-state index in [-0.39, 0.29) is 30.1 Å². The molecule has 2 aromatic heterocycles. The number of benzene rings is 1. The second-order valence-corrected chi connectivity index (χ2v) is 14.1. The van der Waals surface area contributed by atoms with Crippen molar-refractivity contribution in [2.45, 2.75) is 90.2 Å². The molecule has 1 aromatic carbocycles. The summed E-state index contributed by atoms with van der Waals surface area (Å²) in [5, 5.41) is 4.54. The Bertz CT molecular complexity index is 1530. The van der Waals surface area contributed by atoms with Crippen molar-refractivity contribution in [2.24, 2.45) is 11.8 Å². The lowest BCUT2D eigenvalue weighted by Crippen LogP contribution is -2.44. The van der Waals surface area contributed by atoms with Crippen molar-refractivity contribution in [3.63, 3.8) is 0 Å². The summed E-state index contributed by atoms with van der Waals surface area (Å²) >= 11 is 0. The van der Waals surface area contributed by atoms with Crippen LogP contribution in [-0.2, 0) is 14.3 Å². The molecule has 3 aromatic rings. The second kappa shape index (κ2) is 15.5. The molecule has 10 heteroatoms. The smallest absolute Gasteiger partial charge is 0.410 e. The van der Waals surface area contributed by atoms with Crippen LogP contribution in [-0.4, -0.2) is 77.7 Å². The third kappa shape index (κ3) is 8.02. The van der Waals surface area contributed by atoms with Crippen molar-refractivity contribution in [3.8, 4) is 16.9 Å². The Morgan fingerprint density at radius 2 is 1.73 bits per heavy atom. The SMILES string of the molecule is COc1ccc([C@H]2CC[C@H](CN(c3cc(-c4cnn(C(C)C)c4)ccn3)C(=O)[C@H]3CC[C@H](OC(=O)N4CCOCC4)CC3)CC2)cc1C. The van der Waals surface area contributed by atoms with E-state index in [4.69, 9.17) is 19.2 Å². The van der Waals surface area contributed by atoms with Crippen LogP contribution < -0.4 is 9.64 Å². The van der Waals surface area contributed by atoms with Gasteiger partial charge in [-0.1, -0.05) is 12.1 Å². The fourth-order valence-electron chi connectivity index (χ4n) is 7.51. The maximum atomic E-state index is 14.4. The quantitative estimate of drug-likeness (QED) is 0.240. The minimum absolute atomic E-state index is 0.128. The first-order valence-corrected chi connectivity index (χ1v) is 17.8. The van der Waals surface area contributed by atoms with Crippen molar-refractivity contribution < 1.29 is 23.8 Å². The lowest BCUT2D eigenvalue weighted by atomic mass is 9.78. The standard InChI is InChI=1S/C38H51N5O5/c1-26(2)43-25-33(23-40-43)32-15-16-39-36(22-32)42(24-28-5-7-29(8-6-28)31-11-14-35(46-4)27(3)21-31)37(44)30-9-12-34(13-10-30)48-38(45)41-17-19-47-20-18-41/h11,14-16,21-23,25-26,28-30,34H,5-10,12-13,17-20,24H2,1-4H3/t28-,29-,30-,34-. The van der Waals surface area contributed by atoms with Crippen molar-refractivity contribution in [3.05, 3.63) is 60.0 Å². The number of nitrogens with zero attached hydrogens (tertiary/aromatic N) is 5. The molecule has 3 heterocycles. The number of carbonyl (C=O) groups excluding carboxylic acids is 2. The highest BCUT2D eigenvalue weighted by Crippen LogP contribution is 2.39. The van der Waals surface area contributed by atoms with Gasteiger partial charge in [0.15, 0.2) is 0 Å². The van der Waals surface area contributed by atoms with E-state index in [1.807, 2.05) is 34.1 Å². The summed E-state index contributed by atoms with van der Waals surface area (Å²) < 4.78 is 18.7. The van der Waals surface area contributed by atoms with Crippen molar-refractivity contribution in [2.75, 3.05) is 44.9 Å². The highest BCUT2D eigenvalue weighted by Gasteiger charge is 2.35. The number of anilines is 1. The summed E-state index contributed by atoms with van der Waals surface area (Å²) in [4.78, 5) is 35.5. The average Bonchev–Trinajstić information content (AvgIpc) is 3.63. The molecule has 2 aliphatic carbocycles. The molecular formula is C38H51N5O5. The number of hydrogen-bond donors (Lipinski definition) is 0. The van der Waals surface area contributed by atoms with Gasteiger partial charge in [-0.2, -0.15) is 5.10 Å². The molecule has 1 aliphatic heterocycles. The van der Waals surface area contributed by atoms with E-state index in [9.17, 15) is 9.59 Å². The maximum Gasteiger partial charge on any atom is 0.410 e. The van der Waals surface area contributed by atoms with Gasteiger partial charge in [-0.15, -0.1) is 0 Å². The number of amides is 2. The van der Waals surface area contributed by atoms with E-state index in [1.54, 1.807) is 12.0 Å². The molecule has 1 saturated heterocycles. The van der Waals surface area contributed by atoms with Gasteiger partial charge < -0.3 is 19.1 Å². The fourth-order valence-corrected chi connectivity index (χ4v) is 7.51. The van der Waals surface area contributed by atoms with Crippen LogP contribution in [0.2, 0.25) is 0 Å². The van der Waals surface area contributed by atoms with Gasteiger partial charge in [0.05, 0.1) is 26.5 Å². The molecule has 0 atom stereocenters. The van der Waals surface area contributed by atoms with Gasteiger partial charge >= 0.3 is 6.09 Å². The highest BCUT2D eigenvalue weighted by atomic mass is 16.6. The largest absolute Gasteiger partial charge is 0.496 e. The number of aryl methyl sites for hydroxylation is 1. The van der Waals surface area contributed by atoms with Crippen LogP contribution in [0, 0.1) is 18.8 Å². The van der Waals surface area contributed by atoms with E-state index < -0.39 is 0 Å². The Kier molecular flexibility index (Phi) is 11.0. The Balaban J connectivity index is 1.15. The molecule has 0 bridgehead atoms. The Morgan fingerprint density at radius 3 is 2.40 bits per heavy atom. The van der Waals surface area contributed by atoms with Crippen LogP contribution in [0.4, 0.5) is 10.6 Å². The molecule has 0 spiro atoms. The summed E-state index contributed by atoms with van der Waals surface area (Å²) in [5.74, 6) is 2.54. The first-order chi connectivity index (χ1) is 23.3. The fraction of sp³-hybridized carbons (Fsp3) is 0.579. The molecule has 2 saturated carbocycles. The number of methoxy groups -OCH3 is 1. The lowest BCUT2D eigenvalue weighted by Gasteiger charge is -2.36. The first-order valence-electron chi connectivity index (χ1n) is 17.8. The van der Waals surface area contributed by atoms with Crippen LogP contribution in [0.15, 0.2) is 48.9 Å². The van der Waals surface area contributed by atoms with Crippen molar-refractivity contribution in [1.82, 2.24) is 19.7 Å². The number of carbonyl (C=O) groups is 2. The van der Waals surface area contributed by atoms with Gasteiger partial charge in [0.1, 0.15) is 17.7 Å². The predicted octanol–water partition coefficient (Wildman–Crippen LogP) is 7.18. The lowest BCUT2D eigenvalue weighted by molar-refractivity contribution is -0.124. The summed E-state index contributed by atoms with van der Waals surface area (Å²) in [5.41, 5.74) is 4.56. The van der Waals surface area contributed by atoms with E-state index >= 15 is 0 Å². The molecule has 3 aliphatic rings. The second-order valence-electron chi connectivity index (χ2n) is 14.1. The van der Waals surface area contributed by atoms with Gasteiger partial charge in [0, 0.05) is 49.6 Å². The molecule has 6 rings (SSSR count). The van der Waals surface area contributed by atoms with Gasteiger partial charge in [-0.25, -0.2) is 9.78 Å². The number of aromatic nitrogens is 3. The van der Waals surface area contributed by atoms with Crippen LogP contribution in [0.1, 0.15) is 88.3 Å². The molecule has 258 valence electrons. The number of pyridine rings is 1. The summed E-state index contributed by atoms with van der Waals surface area (Å²) in [7, 11) is 1.72. The number of morpholine rings is 1. The molecular weight excluding hydrogens is 606 g/mol. The van der Waals surface area contributed by atoms with Gasteiger partial charge in [-0.3, -0.25) is 14.4 Å². The zero-order chi connectivity index (χ0) is 33.6. The first kappa shape index (κ1) is 34.0. The van der Waals surface area contributed by atoms with E-state index in [0.717, 1.165) is 42.6 Å². The van der Waals surface area contributed by atoms with Gasteiger partial charge in [0.25, 0.3) is 0 Å². The number of hydrogen-bond acceptors (Lipinski definition) is 7. The van der Waals surface area contributed by atoms with E-state index in [1.165, 1.54) is 11.1 Å². The summed E-state index contributed by atoms with van der Waals surface area (Å²) in [6.45, 7) is 9.20. The Hall–Kier alpha value is -3.92. The third-order valence-corrected chi connectivity index (χ3v) is 10.5. The number of ether oxygens (including phenoxy) is 3. The Labute approximate surface area is 284 Å². The van der Waals surface area contributed by atoms with Crippen molar-refractivity contribution >= 4 is 17.8 Å². The van der Waals surface area contributed by atoms with Crippen molar-refractivity contribution in [1.29, 1.82) is 0 Å². The zero-order valence-electron chi connectivity index (χ0n) is 29.0. The normalized spacial score (nSPS) is 23.1. The van der Waals surface area contributed by atoms with Gasteiger partial charge in [-0.05, 0) is 119 Å². The van der Waals surface area contributed by atoms with Crippen LogP contribution in [0.25, 0.3) is 11.1 Å². The monoisotopic (exact) mass is 657 g/mol. The minimum Gasteiger partial charge on any atom is -0.496 e. The Morgan fingerprint density at radius 1 is 0.979 bits per heavy atom. The molecule has 0 radical (unpaired) electrons.